The summed E-state index contributed by atoms with van der Waals surface area (Å²) < 4.78 is 6.06. The van der Waals surface area contributed by atoms with Crippen LogP contribution in [0.3, 0.4) is 0 Å². The molecule has 10 heteroatoms. The smallest absolute Gasteiger partial charge is 0.255 e. The van der Waals surface area contributed by atoms with E-state index < -0.39 is 11.9 Å². The Labute approximate surface area is 328 Å². The van der Waals surface area contributed by atoms with Gasteiger partial charge in [-0.25, -0.2) is 0 Å². The molecule has 0 radical (unpaired) electrons. The van der Waals surface area contributed by atoms with Crippen molar-refractivity contribution in [2.45, 2.75) is 64.0 Å². The molecule has 0 bridgehead atoms. The summed E-state index contributed by atoms with van der Waals surface area (Å²) in [6.45, 7) is 1.98. The lowest BCUT2D eigenvalue weighted by Gasteiger charge is -2.29. The van der Waals surface area contributed by atoms with Gasteiger partial charge in [-0.1, -0.05) is 91.7 Å². The molecule has 6 rings (SSSR count). The number of halogens is 1. The van der Waals surface area contributed by atoms with E-state index in [-0.39, 0.29) is 24.1 Å². The highest BCUT2D eigenvalue weighted by molar-refractivity contribution is 6.18. The molecule has 0 saturated carbocycles. The van der Waals surface area contributed by atoms with E-state index in [1.54, 1.807) is 15.9 Å². The van der Waals surface area contributed by atoms with Gasteiger partial charge in [0.25, 0.3) is 5.91 Å². The molecule has 1 fully saturated rings. The molecular weight excluding hydrogens is 712 g/mol. The second-order valence-corrected chi connectivity index (χ2v) is 14.4. The maximum absolute atomic E-state index is 13.1. The average molecular weight is 761 g/mol. The number of piperidine rings is 1. The highest BCUT2D eigenvalue weighted by Crippen LogP contribution is 2.36. The van der Waals surface area contributed by atoms with Gasteiger partial charge in [0.1, 0.15) is 18.4 Å². The molecule has 0 aliphatic carbocycles. The number of fused-ring (bicyclic) bond motifs is 1. The zero-order valence-corrected chi connectivity index (χ0v) is 32.2. The van der Waals surface area contributed by atoms with Crippen LogP contribution in [0.4, 0.5) is 5.69 Å². The van der Waals surface area contributed by atoms with Crippen molar-refractivity contribution in [2.24, 2.45) is 0 Å². The number of hydrogen-bond donors (Lipinski definition) is 2. The van der Waals surface area contributed by atoms with E-state index in [4.69, 9.17) is 16.3 Å². The molecule has 4 aromatic carbocycles. The van der Waals surface area contributed by atoms with Gasteiger partial charge >= 0.3 is 0 Å². The quantitative estimate of drug-likeness (QED) is 0.0462. The number of unbranched alkanes of at least 4 members (excludes halogenated alkanes) is 3. The number of rotatable bonds is 18. The lowest BCUT2D eigenvalue weighted by molar-refractivity contribution is -0.137. The third kappa shape index (κ3) is 10.0. The summed E-state index contributed by atoms with van der Waals surface area (Å²) in [7, 11) is 1.82. The van der Waals surface area contributed by atoms with Crippen LogP contribution in [0.1, 0.15) is 84.0 Å². The van der Waals surface area contributed by atoms with E-state index in [2.05, 4.69) is 71.3 Å². The molecule has 2 aliphatic heterocycles. The lowest BCUT2D eigenvalue weighted by atomic mass is 9.88. The normalized spacial score (nSPS) is 15.6. The zero-order chi connectivity index (χ0) is 38.6. The number of benzene rings is 4. The number of likely N-dealkylation sites (N-methyl/N-ethyl adjacent to an activating group) is 1. The Kier molecular flexibility index (Phi) is 13.8. The molecule has 1 saturated heterocycles. The van der Waals surface area contributed by atoms with Crippen LogP contribution in [0.2, 0.25) is 0 Å². The summed E-state index contributed by atoms with van der Waals surface area (Å²) in [5.41, 5.74) is 8.10. The molecule has 4 aromatic rings. The molecule has 2 heterocycles. The number of ether oxygens (including phenoxy) is 1. The lowest BCUT2D eigenvalue weighted by Crippen LogP contribution is -2.52. The molecule has 1 atom stereocenters. The van der Waals surface area contributed by atoms with Crippen molar-refractivity contribution >= 4 is 52.1 Å². The van der Waals surface area contributed by atoms with Crippen LogP contribution >= 0.6 is 11.6 Å². The monoisotopic (exact) mass is 760 g/mol. The third-order valence-electron chi connectivity index (χ3n) is 10.3. The number of nitrogens with one attached hydrogen (secondary N) is 2. The summed E-state index contributed by atoms with van der Waals surface area (Å²) >= 11 is 6.31. The second kappa shape index (κ2) is 19.3. The van der Waals surface area contributed by atoms with Gasteiger partial charge in [-0.3, -0.25) is 24.5 Å². The maximum atomic E-state index is 13.1. The number of carbonyl (C=O) groups is 4. The first-order valence-electron chi connectivity index (χ1n) is 19.2. The van der Waals surface area contributed by atoms with Gasteiger partial charge in [-0.05, 0) is 77.8 Å². The minimum Gasteiger partial charge on any atom is -0.492 e. The standard InChI is InChI=1S/C45H49ClN4O5/c1-49(29-30-55-35-22-20-34(21-23-35)43(33-15-8-5-9-16-33)36(26-27-46)32-13-6-4-7-14-32)42(52)19-10-2-3-11-28-47-39-18-12-17-37-38(39)31-50(45(37)54)40-24-25-41(51)48-44(40)53/h4-9,12-18,20-23,40,47H,2-3,10-11,19,24-31H2,1H3,(H,48,51,53). The van der Waals surface area contributed by atoms with Crippen LogP contribution in [0.15, 0.2) is 103 Å². The highest BCUT2D eigenvalue weighted by Gasteiger charge is 2.39. The number of amides is 4. The number of anilines is 1. The molecule has 0 spiro atoms. The molecule has 4 amide bonds. The fraction of sp³-hybridized carbons (Fsp3) is 0.333. The molecule has 0 aromatic heterocycles. The fourth-order valence-electron chi connectivity index (χ4n) is 7.33. The molecule has 1 unspecified atom stereocenters. The average Bonchev–Trinajstić information content (AvgIpc) is 3.54. The molecule has 55 heavy (non-hydrogen) atoms. The molecular formula is C45H49ClN4O5. The summed E-state index contributed by atoms with van der Waals surface area (Å²) in [5.74, 6) is 0.496. The summed E-state index contributed by atoms with van der Waals surface area (Å²) in [6.07, 6.45) is 5.45. The Morgan fingerprint density at radius 3 is 2.24 bits per heavy atom. The number of alkyl halides is 1. The van der Waals surface area contributed by atoms with E-state index in [9.17, 15) is 19.2 Å². The Morgan fingerprint density at radius 2 is 1.53 bits per heavy atom. The minimum absolute atomic E-state index is 0.104. The number of carbonyl (C=O) groups excluding carboxylic acids is 4. The van der Waals surface area contributed by atoms with E-state index in [0.717, 1.165) is 77.9 Å². The maximum Gasteiger partial charge on any atom is 0.255 e. The van der Waals surface area contributed by atoms with Crippen molar-refractivity contribution in [3.63, 3.8) is 0 Å². The van der Waals surface area contributed by atoms with Crippen molar-refractivity contribution in [3.05, 3.63) is 131 Å². The number of nitrogens with zero attached hydrogens (tertiary/aromatic N) is 2. The van der Waals surface area contributed by atoms with E-state index in [1.807, 2.05) is 43.4 Å². The first-order chi connectivity index (χ1) is 26.8. The summed E-state index contributed by atoms with van der Waals surface area (Å²) in [6, 6.07) is 33.9. The van der Waals surface area contributed by atoms with Crippen LogP contribution in [-0.4, -0.2) is 72.1 Å². The van der Waals surface area contributed by atoms with Crippen LogP contribution in [-0.2, 0) is 20.9 Å². The second-order valence-electron chi connectivity index (χ2n) is 14.0. The first-order valence-corrected chi connectivity index (χ1v) is 19.7. The van der Waals surface area contributed by atoms with Crippen molar-refractivity contribution in [2.75, 3.05) is 37.9 Å². The van der Waals surface area contributed by atoms with E-state index in [1.165, 1.54) is 5.57 Å². The van der Waals surface area contributed by atoms with E-state index >= 15 is 0 Å². The van der Waals surface area contributed by atoms with Gasteiger partial charge in [-0.2, -0.15) is 0 Å². The Hall–Kier alpha value is -5.41. The van der Waals surface area contributed by atoms with Gasteiger partial charge in [0.05, 0.1) is 6.54 Å². The highest BCUT2D eigenvalue weighted by atomic mass is 35.5. The first kappa shape index (κ1) is 39.3. The van der Waals surface area contributed by atoms with Crippen molar-refractivity contribution in [3.8, 4) is 5.75 Å². The van der Waals surface area contributed by atoms with Crippen molar-refractivity contribution in [1.29, 1.82) is 0 Å². The molecule has 2 N–H and O–H groups in total. The van der Waals surface area contributed by atoms with Gasteiger partial charge in [-0.15, -0.1) is 11.6 Å². The third-order valence-corrected chi connectivity index (χ3v) is 10.5. The van der Waals surface area contributed by atoms with Crippen LogP contribution in [0, 0.1) is 0 Å². The topological polar surface area (TPSA) is 108 Å². The number of hydrogen-bond acceptors (Lipinski definition) is 6. The van der Waals surface area contributed by atoms with Gasteiger partial charge in [0, 0.05) is 55.7 Å². The predicted molar refractivity (Wildman–Crippen MR) is 218 cm³/mol. The number of imide groups is 1. The van der Waals surface area contributed by atoms with Gasteiger partial charge in [0.2, 0.25) is 17.7 Å². The Bertz CT molecular complexity index is 1980. The van der Waals surface area contributed by atoms with E-state index in [0.29, 0.717) is 44.0 Å². The Morgan fingerprint density at radius 1 is 0.836 bits per heavy atom. The van der Waals surface area contributed by atoms with Gasteiger partial charge in [0.15, 0.2) is 0 Å². The summed E-state index contributed by atoms with van der Waals surface area (Å²) in [5, 5.41) is 5.82. The van der Waals surface area contributed by atoms with Crippen molar-refractivity contribution in [1.82, 2.24) is 15.1 Å². The Balaban J connectivity index is 0.912. The SMILES string of the molecule is CN(CCOc1ccc(C(=C(CCCl)c2ccccc2)c2ccccc2)cc1)C(=O)CCCCCCNc1cccc2c1CN(C1CCC(=O)NC1=O)C2=O. The van der Waals surface area contributed by atoms with Crippen LogP contribution < -0.4 is 15.4 Å². The largest absolute Gasteiger partial charge is 0.492 e. The number of allylic oxidation sites excluding steroid dienone is 1. The minimum atomic E-state index is -0.629. The molecule has 9 nitrogen and oxygen atoms in total. The molecule has 2 aliphatic rings. The summed E-state index contributed by atoms with van der Waals surface area (Å²) in [4.78, 5) is 53.2. The predicted octanol–water partition coefficient (Wildman–Crippen LogP) is 7.94. The van der Waals surface area contributed by atoms with Gasteiger partial charge < -0.3 is 19.9 Å². The molecule has 286 valence electrons. The van der Waals surface area contributed by atoms with Crippen LogP contribution in [0.5, 0.6) is 5.75 Å². The van der Waals surface area contributed by atoms with Crippen molar-refractivity contribution < 1.29 is 23.9 Å². The zero-order valence-electron chi connectivity index (χ0n) is 31.4. The fourth-order valence-corrected chi connectivity index (χ4v) is 7.52. The van der Waals surface area contributed by atoms with Crippen LogP contribution in [0.25, 0.3) is 11.1 Å².